The first-order chi connectivity index (χ1) is 9.62. The molecule has 116 valence electrons. The van der Waals surface area contributed by atoms with Crippen molar-refractivity contribution >= 4 is 11.0 Å². The Balaban J connectivity index is 2.38. The fourth-order valence-electron chi connectivity index (χ4n) is 3.30. The SMILES string of the molecule is CCC(N)c1cc2cc(C(C)(C)CC(C)(C)C)ccc2o1. The maximum atomic E-state index is 6.07. The van der Waals surface area contributed by atoms with Crippen molar-refractivity contribution in [2.24, 2.45) is 11.1 Å². The molecule has 2 heteroatoms. The summed E-state index contributed by atoms with van der Waals surface area (Å²) in [7, 11) is 0. The number of hydrogen-bond acceptors (Lipinski definition) is 2. The highest BCUT2D eigenvalue weighted by molar-refractivity contribution is 5.79. The van der Waals surface area contributed by atoms with Crippen molar-refractivity contribution in [1.82, 2.24) is 0 Å². The van der Waals surface area contributed by atoms with Crippen molar-refractivity contribution in [3.63, 3.8) is 0 Å². The Labute approximate surface area is 128 Å². The molecule has 2 rings (SSSR count). The van der Waals surface area contributed by atoms with Crippen molar-refractivity contribution in [2.75, 3.05) is 0 Å². The summed E-state index contributed by atoms with van der Waals surface area (Å²) in [5, 5.41) is 1.16. The molecule has 1 aromatic carbocycles. The Morgan fingerprint density at radius 2 is 1.76 bits per heavy atom. The molecule has 0 bridgehead atoms. The predicted molar refractivity (Wildman–Crippen MR) is 90.5 cm³/mol. The third-order valence-corrected chi connectivity index (χ3v) is 4.09. The molecule has 0 saturated carbocycles. The van der Waals surface area contributed by atoms with Crippen molar-refractivity contribution in [1.29, 1.82) is 0 Å². The van der Waals surface area contributed by atoms with Gasteiger partial charge in [0.05, 0.1) is 6.04 Å². The fraction of sp³-hybridized carbons (Fsp3) is 0.579. The zero-order chi connectivity index (χ0) is 15.8. The largest absolute Gasteiger partial charge is 0.459 e. The molecule has 1 heterocycles. The van der Waals surface area contributed by atoms with E-state index < -0.39 is 0 Å². The molecule has 0 saturated heterocycles. The summed E-state index contributed by atoms with van der Waals surface area (Å²) in [6, 6.07) is 8.62. The van der Waals surface area contributed by atoms with Gasteiger partial charge in [0.15, 0.2) is 0 Å². The van der Waals surface area contributed by atoms with Crippen LogP contribution in [0.2, 0.25) is 0 Å². The van der Waals surface area contributed by atoms with E-state index in [1.54, 1.807) is 0 Å². The molecule has 2 N–H and O–H groups in total. The lowest BCUT2D eigenvalue weighted by Crippen LogP contribution is -2.24. The van der Waals surface area contributed by atoms with Gasteiger partial charge in [0, 0.05) is 5.39 Å². The molecule has 2 nitrogen and oxygen atoms in total. The molecule has 1 atom stereocenters. The van der Waals surface area contributed by atoms with Gasteiger partial charge in [-0.3, -0.25) is 0 Å². The summed E-state index contributed by atoms with van der Waals surface area (Å²) in [6.45, 7) is 13.6. The molecule has 2 aromatic rings. The average Bonchev–Trinajstić information content (AvgIpc) is 2.77. The van der Waals surface area contributed by atoms with E-state index in [9.17, 15) is 0 Å². The van der Waals surface area contributed by atoms with Gasteiger partial charge in [0.2, 0.25) is 0 Å². The maximum Gasteiger partial charge on any atom is 0.134 e. The predicted octanol–water partition coefficient (Wildman–Crippen LogP) is 5.56. The molecule has 0 aliphatic rings. The number of fused-ring (bicyclic) bond motifs is 1. The van der Waals surface area contributed by atoms with Crippen LogP contribution in [0.15, 0.2) is 28.7 Å². The second-order valence-corrected chi connectivity index (χ2v) is 8.04. The monoisotopic (exact) mass is 287 g/mol. The van der Waals surface area contributed by atoms with Gasteiger partial charge in [-0.15, -0.1) is 0 Å². The standard InChI is InChI=1S/C19H29NO/c1-7-15(20)17-11-13-10-14(8-9-16(13)21-17)19(5,6)12-18(2,3)4/h8-11,15H,7,12,20H2,1-6H3. The van der Waals surface area contributed by atoms with Crippen LogP contribution in [0.3, 0.4) is 0 Å². The van der Waals surface area contributed by atoms with Gasteiger partial charge in [-0.25, -0.2) is 0 Å². The van der Waals surface area contributed by atoms with Crippen LogP contribution in [-0.2, 0) is 5.41 Å². The minimum absolute atomic E-state index is 0.0107. The minimum atomic E-state index is -0.0107. The fourth-order valence-corrected chi connectivity index (χ4v) is 3.30. The Kier molecular flexibility index (Phi) is 4.21. The topological polar surface area (TPSA) is 39.2 Å². The van der Waals surface area contributed by atoms with Gasteiger partial charge < -0.3 is 10.2 Å². The van der Waals surface area contributed by atoms with Gasteiger partial charge in [0.1, 0.15) is 11.3 Å². The lowest BCUT2D eigenvalue weighted by Gasteiger charge is -2.33. The molecule has 0 spiro atoms. The van der Waals surface area contributed by atoms with E-state index >= 15 is 0 Å². The van der Waals surface area contributed by atoms with Gasteiger partial charge in [-0.1, -0.05) is 47.6 Å². The van der Waals surface area contributed by atoms with Crippen LogP contribution < -0.4 is 5.73 Å². The summed E-state index contributed by atoms with van der Waals surface area (Å²) >= 11 is 0. The van der Waals surface area contributed by atoms with Gasteiger partial charge in [0.25, 0.3) is 0 Å². The Morgan fingerprint density at radius 1 is 1.10 bits per heavy atom. The number of nitrogens with two attached hydrogens (primary N) is 1. The van der Waals surface area contributed by atoms with E-state index in [2.05, 4.69) is 65.8 Å². The molecule has 21 heavy (non-hydrogen) atoms. The highest BCUT2D eigenvalue weighted by atomic mass is 16.3. The molecule has 0 aliphatic heterocycles. The number of furan rings is 1. The molecule has 0 radical (unpaired) electrons. The summed E-state index contributed by atoms with van der Waals surface area (Å²) < 4.78 is 5.86. The van der Waals surface area contributed by atoms with Gasteiger partial charge in [-0.2, -0.15) is 0 Å². The second kappa shape index (κ2) is 5.49. The van der Waals surface area contributed by atoms with Gasteiger partial charge in [-0.05, 0) is 47.4 Å². The number of rotatable bonds is 4. The van der Waals surface area contributed by atoms with Crippen molar-refractivity contribution < 1.29 is 4.42 Å². The first kappa shape index (κ1) is 16.1. The Morgan fingerprint density at radius 3 is 2.33 bits per heavy atom. The summed E-state index contributed by atoms with van der Waals surface area (Å²) in [5.74, 6) is 0.887. The van der Waals surface area contributed by atoms with Crippen molar-refractivity contribution in [3.8, 4) is 0 Å². The smallest absolute Gasteiger partial charge is 0.134 e. The number of benzene rings is 1. The Bertz CT molecular complexity index is 616. The molecular formula is C19H29NO. The molecule has 0 fully saturated rings. The van der Waals surface area contributed by atoms with E-state index in [0.29, 0.717) is 5.41 Å². The molecule has 0 amide bonds. The summed E-state index contributed by atoms with van der Waals surface area (Å²) in [5.41, 5.74) is 8.83. The molecule has 0 aliphatic carbocycles. The first-order valence-corrected chi connectivity index (χ1v) is 7.92. The molecule has 1 aromatic heterocycles. The maximum absolute atomic E-state index is 6.07. The van der Waals surface area contributed by atoms with Crippen LogP contribution in [0.25, 0.3) is 11.0 Å². The van der Waals surface area contributed by atoms with Crippen LogP contribution in [0.5, 0.6) is 0 Å². The van der Waals surface area contributed by atoms with Crippen LogP contribution in [0.4, 0.5) is 0 Å². The zero-order valence-corrected chi connectivity index (χ0v) is 14.3. The third-order valence-electron chi connectivity index (χ3n) is 4.09. The highest BCUT2D eigenvalue weighted by Gasteiger charge is 2.27. The molecular weight excluding hydrogens is 258 g/mol. The van der Waals surface area contributed by atoms with Crippen LogP contribution >= 0.6 is 0 Å². The first-order valence-electron chi connectivity index (χ1n) is 7.92. The summed E-state index contributed by atoms with van der Waals surface area (Å²) in [6.07, 6.45) is 2.03. The lowest BCUT2D eigenvalue weighted by atomic mass is 9.72. The highest BCUT2D eigenvalue weighted by Crippen LogP contribution is 2.37. The van der Waals surface area contributed by atoms with Crippen LogP contribution in [0.1, 0.15) is 71.7 Å². The van der Waals surface area contributed by atoms with Crippen LogP contribution in [-0.4, -0.2) is 0 Å². The zero-order valence-electron chi connectivity index (χ0n) is 14.3. The van der Waals surface area contributed by atoms with Crippen LogP contribution in [0, 0.1) is 5.41 Å². The Hall–Kier alpha value is -1.28. The molecule has 1 unspecified atom stereocenters. The normalized spacial score (nSPS) is 14.6. The van der Waals surface area contributed by atoms with Gasteiger partial charge >= 0.3 is 0 Å². The quantitative estimate of drug-likeness (QED) is 0.800. The lowest BCUT2D eigenvalue weighted by molar-refractivity contribution is 0.284. The van der Waals surface area contributed by atoms with E-state index in [4.69, 9.17) is 10.2 Å². The summed E-state index contributed by atoms with van der Waals surface area (Å²) in [4.78, 5) is 0. The van der Waals surface area contributed by atoms with E-state index in [-0.39, 0.29) is 11.5 Å². The van der Waals surface area contributed by atoms with Crippen molar-refractivity contribution in [2.45, 2.75) is 65.8 Å². The number of hydrogen-bond donors (Lipinski definition) is 1. The van der Waals surface area contributed by atoms with Crippen molar-refractivity contribution in [3.05, 3.63) is 35.6 Å². The van der Waals surface area contributed by atoms with E-state index in [1.807, 2.05) is 0 Å². The van der Waals surface area contributed by atoms with E-state index in [1.165, 1.54) is 5.56 Å². The van der Waals surface area contributed by atoms with E-state index in [0.717, 1.165) is 29.6 Å². The minimum Gasteiger partial charge on any atom is -0.459 e. The third kappa shape index (κ3) is 3.68. The second-order valence-electron chi connectivity index (χ2n) is 8.04. The average molecular weight is 287 g/mol.